The van der Waals surface area contributed by atoms with E-state index in [9.17, 15) is 0 Å². The van der Waals surface area contributed by atoms with Crippen LogP contribution >= 0.6 is 0 Å². The van der Waals surface area contributed by atoms with Crippen molar-refractivity contribution in [3.8, 4) is 102 Å². The molecule has 60 heavy (non-hydrogen) atoms. The SMILES string of the molecule is c1ccc(-c2cccc(-c3nc(-c4cccc(-c5ccccc5)c4)nc(-c4cccc(-c5cccc(-c6nc(-c7ccccc7)nc(-c7ccccc7)n6)c5)c4)n3)c2)cc1. The maximum absolute atomic E-state index is 5.14. The Kier molecular flexibility index (Phi) is 9.84. The van der Waals surface area contributed by atoms with Crippen molar-refractivity contribution in [1.29, 1.82) is 0 Å². The Morgan fingerprint density at radius 1 is 0.150 bits per heavy atom. The van der Waals surface area contributed by atoms with E-state index in [0.29, 0.717) is 34.9 Å². The second-order valence-corrected chi connectivity index (χ2v) is 14.4. The number of nitrogens with zero attached hydrogens (tertiary/aromatic N) is 6. The predicted molar refractivity (Wildman–Crippen MR) is 242 cm³/mol. The molecule has 0 radical (unpaired) electrons. The van der Waals surface area contributed by atoms with Crippen molar-refractivity contribution in [2.24, 2.45) is 0 Å². The molecule has 0 bridgehead atoms. The quantitative estimate of drug-likeness (QED) is 0.145. The highest BCUT2D eigenvalue weighted by atomic mass is 15.0. The standard InChI is InChI=1S/C54H36N6/c1-5-17-37(18-6-1)41-25-13-29-45(33-41)52-58-53(46-30-14-26-42(34-46)38-19-7-2-8-20-38)60-54(59-52)48-32-16-28-44(36-48)43-27-15-31-47(35-43)51-56-49(39-21-9-3-10-22-39)55-50(57-51)40-23-11-4-12-24-40/h1-36H. The summed E-state index contributed by atoms with van der Waals surface area (Å²) >= 11 is 0. The topological polar surface area (TPSA) is 77.3 Å². The molecule has 6 heteroatoms. The molecule has 10 aromatic rings. The van der Waals surface area contributed by atoms with Crippen LogP contribution in [-0.4, -0.2) is 29.9 Å². The van der Waals surface area contributed by atoms with Crippen LogP contribution in [0.4, 0.5) is 0 Å². The summed E-state index contributed by atoms with van der Waals surface area (Å²) < 4.78 is 0. The monoisotopic (exact) mass is 768 g/mol. The van der Waals surface area contributed by atoms with Crippen LogP contribution in [-0.2, 0) is 0 Å². The zero-order valence-corrected chi connectivity index (χ0v) is 32.5. The molecule has 0 saturated heterocycles. The zero-order chi connectivity index (χ0) is 40.1. The molecule has 0 aliphatic heterocycles. The zero-order valence-electron chi connectivity index (χ0n) is 32.5. The lowest BCUT2D eigenvalue weighted by atomic mass is 10.00. The van der Waals surface area contributed by atoms with Gasteiger partial charge in [-0.3, -0.25) is 0 Å². The van der Waals surface area contributed by atoms with Crippen molar-refractivity contribution in [3.63, 3.8) is 0 Å². The van der Waals surface area contributed by atoms with Crippen molar-refractivity contribution < 1.29 is 0 Å². The van der Waals surface area contributed by atoms with Crippen LogP contribution in [0.15, 0.2) is 218 Å². The van der Waals surface area contributed by atoms with Crippen LogP contribution in [0.25, 0.3) is 102 Å². The Morgan fingerprint density at radius 2 is 0.333 bits per heavy atom. The Balaban J connectivity index is 1.07. The molecular weight excluding hydrogens is 733 g/mol. The molecule has 10 rings (SSSR count). The van der Waals surface area contributed by atoms with Crippen molar-refractivity contribution >= 4 is 0 Å². The van der Waals surface area contributed by atoms with E-state index in [2.05, 4.69) is 133 Å². The first-order valence-electron chi connectivity index (χ1n) is 19.9. The van der Waals surface area contributed by atoms with Crippen LogP contribution in [0.5, 0.6) is 0 Å². The minimum absolute atomic E-state index is 0.584. The van der Waals surface area contributed by atoms with E-state index in [-0.39, 0.29) is 0 Å². The van der Waals surface area contributed by atoms with Crippen LogP contribution in [0.3, 0.4) is 0 Å². The van der Waals surface area contributed by atoms with Crippen molar-refractivity contribution in [1.82, 2.24) is 29.9 Å². The Labute approximate surface area is 348 Å². The van der Waals surface area contributed by atoms with Crippen LogP contribution < -0.4 is 0 Å². The van der Waals surface area contributed by atoms with E-state index in [1.807, 2.05) is 84.9 Å². The average molecular weight is 769 g/mol. The van der Waals surface area contributed by atoms with Crippen LogP contribution in [0.2, 0.25) is 0 Å². The van der Waals surface area contributed by atoms with Gasteiger partial charge in [-0.15, -0.1) is 0 Å². The highest BCUT2D eigenvalue weighted by Crippen LogP contribution is 2.33. The highest BCUT2D eigenvalue weighted by Gasteiger charge is 2.16. The van der Waals surface area contributed by atoms with Crippen molar-refractivity contribution in [2.45, 2.75) is 0 Å². The smallest absolute Gasteiger partial charge is 0.164 e. The van der Waals surface area contributed by atoms with Gasteiger partial charge in [0.2, 0.25) is 0 Å². The lowest BCUT2D eigenvalue weighted by molar-refractivity contribution is 1.07. The van der Waals surface area contributed by atoms with E-state index in [4.69, 9.17) is 29.9 Å². The van der Waals surface area contributed by atoms with Crippen LogP contribution in [0, 0.1) is 0 Å². The third kappa shape index (κ3) is 7.73. The molecule has 0 atom stereocenters. The first-order chi connectivity index (χ1) is 29.7. The molecule has 8 aromatic carbocycles. The van der Waals surface area contributed by atoms with Crippen LogP contribution in [0.1, 0.15) is 0 Å². The van der Waals surface area contributed by atoms with Gasteiger partial charge in [0, 0.05) is 33.4 Å². The van der Waals surface area contributed by atoms with Crippen molar-refractivity contribution in [3.05, 3.63) is 218 Å². The molecule has 0 aliphatic carbocycles. The molecule has 0 N–H and O–H groups in total. The molecule has 0 amide bonds. The summed E-state index contributed by atoms with van der Waals surface area (Å²) in [5.74, 6) is 3.63. The third-order valence-corrected chi connectivity index (χ3v) is 10.4. The van der Waals surface area contributed by atoms with Gasteiger partial charge >= 0.3 is 0 Å². The maximum Gasteiger partial charge on any atom is 0.164 e. The van der Waals surface area contributed by atoms with E-state index in [0.717, 1.165) is 66.8 Å². The molecular formula is C54H36N6. The first-order valence-corrected chi connectivity index (χ1v) is 19.9. The molecule has 282 valence electrons. The summed E-state index contributed by atoms with van der Waals surface area (Å²) in [4.78, 5) is 30.2. The lowest BCUT2D eigenvalue weighted by Gasteiger charge is -2.12. The summed E-state index contributed by atoms with van der Waals surface area (Å²) in [6, 6.07) is 74.2. The van der Waals surface area contributed by atoms with Gasteiger partial charge in [-0.05, 0) is 57.6 Å². The van der Waals surface area contributed by atoms with E-state index >= 15 is 0 Å². The van der Waals surface area contributed by atoms with E-state index in [1.165, 1.54) is 0 Å². The second-order valence-electron chi connectivity index (χ2n) is 14.4. The Hall–Kier alpha value is -8.22. The molecule has 0 fully saturated rings. The molecule has 0 aliphatic rings. The fraction of sp³-hybridized carbons (Fsp3) is 0. The minimum atomic E-state index is 0.584. The number of aromatic nitrogens is 6. The third-order valence-electron chi connectivity index (χ3n) is 10.4. The summed E-state index contributed by atoms with van der Waals surface area (Å²) in [6.45, 7) is 0. The molecule has 2 heterocycles. The number of benzene rings is 8. The largest absolute Gasteiger partial charge is 0.208 e. The maximum atomic E-state index is 5.14. The van der Waals surface area contributed by atoms with E-state index < -0.39 is 0 Å². The average Bonchev–Trinajstić information content (AvgIpc) is 3.35. The van der Waals surface area contributed by atoms with Gasteiger partial charge in [-0.1, -0.05) is 194 Å². The number of hydrogen-bond donors (Lipinski definition) is 0. The lowest BCUT2D eigenvalue weighted by Crippen LogP contribution is -2.01. The van der Waals surface area contributed by atoms with Gasteiger partial charge in [0.1, 0.15) is 0 Å². The number of hydrogen-bond acceptors (Lipinski definition) is 6. The Bertz CT molecular complexity index is 2920. The van der Waals surface area contributed by atoms with Gasteiger partial charge in [0.25, 0.3) is 0 Å². The first kappa shape index (κ1) is 36.1. The fourth-order valence-electron chi connectivity index (χ4n) is 7.31. The normalized spacial score (nSPS) is 11.0. The molecule has 0 saturated carbocycles. The summed E-state index contributed by atoms with van der Waals surface area (Å²) in [7, 11) is 0. The molecule has 0 unspecified atom stereocenters. The minimum Gasteiger partial charge on any atom is -0.208 e. The van der Waals surface area contributed by atoms with Gasteiger partial charge in [-0.2, -0.15) is 0 Å². The molecule has 6 nitrogen and oxygen atoms in total. The number of rotatable bonds is 9. The molecule has 0 spiro atoms. The van der Waals surface area contributed by atoms with Gasteiger partial charge in [-0.25, -0.2) is 29.9 Å². The predicted octanol–water partition coefficient (Wildman–Crippen LogP) is 13.1. The fourth-order valence-corrected chi connectivity index (χ4v) is 7.31. The summed E-state index contributed by atoms with van der Waals surface area (Å²) in [5, 5.41) is 0. The highest BCUT2D eigenvalue weighted by molar-refractivity contribution is 5.78. The van der Waals surface area contributed by atoms with Gasteiger partial charge in [0.05, 0.1) is 0 Å². The van der Waals surface area contributed by atoms with Crippen molar-refractivity contribution in [2.75, 3.05) is 0 Å². The van der Waals surface area contributed by atoms with E-state index in [1.54, 1.807) is 0 Å². The summed E-state index contributed by atoms with van der Waals surface area (Å²) in [6.07, 6.45) is 0. The Morgan fingerprint density at radius 3 is 0.600 bits per heavy atom. The van der Waals surface area contributed by atoms with Gasteiger partial charge < -0.3 is 0 Å². The van der Waals surface area contributed by atoms with Gasteiger partial charge in [0.15, 0.2) is 34.9 Å². The second kappa shape index (κ2) is 16.3. The summed E-state index contributed by atoms with van der Waals surface area (Å²) in [5.41, 5.74) is 11.9. The molecule has 2 aromatic heterocycles.